The van der Waals surface area contributed by atoms with Crippen LogP contribution in [0.5, 0.6) is 5.75 Å². The molecule has 0 aliphatic rings. The van der Waals surface area contributed by atoms with Crippen LogP contribution >= 0.6 is 11.3 Å². The van der Waals surface area contributed by atoms with Crippen LogP contribution in [-0.2, 0) is 6.42 Å². The van der Waals surface area contributed by atoms with Gasteiger partial charge in [-0.1, -0.05) is 13.3 Å². The van der Waals surface area contributed by atoms with Crippen LogP contribution in [0.2, 0.25) is 0 Å². The van der Waals surface area contributed by atoms with E-state index >= 15 is 0 Å². The Morgan fingerprint density at radius 3 is 2.78 bits per heavy atom. The number of rotatable bonds is 8. The molecule has 0 atom stereocenters. The van der Waals surface area contributed by atoms with Crippen LogP contribution in [0.15, 0.2) is 6.07 Å². The molecule has 4 nitrogen and oxygen atoms in total. The third-order valence-corrected chi connectivity index (χ3v) is 3.61. The van der Waals surface area contributed by atoms with Gasteiger partial charge in [0.1, 0.15) is 5.75 Å². The third-order valence-electron chi connectivity index (χ3n) is 2.45. The highest BCUT2D eigenvalue weighted by Gasteiger charge is 2.16. The average molecular weight is 271 g/mol. The summed E-state index contributed by atoms with van der Waals surface area (Å²) < 4.78 is 5.58. The summed E-state index contributed by atoms with van der Waals surface area (Å²) in [5, 5.41) is 9.11. The van der Waals surface area contributed by atoms with Crippen molar-refractivity contribution in [3.05, 3.63) is 15.8 Å². The molecule has 1 heterocycles. The minimum Gasteiger partial charge on any atom is -0.492 e. The largest absolute Gasteiger partial charge is 0.492 e. The zero-order valence-electron chi connectivity index (χ0n) is 11.2. The summed E-state index contributed by atoms with van der Waals surface area (Å²) in [6, 6.07) is 1.87. The predicted octanol–water partition coefficient (Wildman–Crippen LogP) is 2.73. The Balaban J connectivity index is 2.59. The maximum absolute atomic E-state index is 11.1. The molecule has 0 bridgehead atoms. The monoisotopic (exact) mass is 271 g/mol. The Kier molecular flexibility index (Phi) is 6.15. The first-order chi connectivity index (χ1) is 8.54. The van der Waals surface area contributed by atoms with Crippen LogP contribution in [0.4, 0.5) is 0 Å². The molecule has 1 rings (SSSR count). The second-order valence-electron chi connectivity index (χ2n) is 4.47. The van der Waals surface area contributed by atoms with Gasteiger partial charge in [0.25, 0.3) is 0 Å². The van der Waals surface area contributed by atoms with Gasteiger partial charge in [-0.25, -0.2) is 4.79 Å². The highest BCUT2D eigenvalue weighted by molar-refractivity contribution is 7.14. The second kappa shape index (κ2) is 7.38. The van der Waals surface area contributed by atoms with Crippen LogP contribution in [0.25, 0.3) is 0 Å². The number of ether oxygens (including phenoxy) is 1. The van der Waals surface area contributed by atoms with Crippen molar-refractivity contribution < 1.29 is 14.6 Å². The van der Waals surface area contributed by atoms with E-state index in [1.807, 2.05) is 20.2 Å². The predicted molar refractivity (Wildman–Crippen MR) is 73.9 cm³/mol. The molecule has 0 aliphatic heterocycles. The SMILES string of the molecule is CCCc1cc(OCCCN(C)C)c(C(=O)O)s1. The van der Waals surface area contributed by atoms with Gasteiger partial charge < -0.3 is 14.7 Å². The lowest BCUT2D eigenvalue weighted by Gasteiger charge is -2.09. The fraction of sp³-hybridized carbons (Fsp3) is 0.615. The summed E-state index contributed by atoms with van der Waals surface area (Å²) in [5.74, 6) is -0.375. The van der Waals surface area contributed by atoms with Gasteiger partial charge in [0, 0.05) is 11.4 Å². The fourth-order valence-electron chi connectivity index (χ4n) is 1.61. The van der Waals surface area contributed by atoms with Crippen LogP contribution in [0.3, 0.4) is 0 Å². The Hall–Kier alpha value is -1.07. The van der Waals surface area contributed by atoms with Crippen LogP contribution in [-0.4, -0.2) is 43.2 Å². The third kappa shape index (κ3) is 4.66. The van der Waals surface area contributed by atoms with Gasteiger partial charge in [0.05, 0.1) is 6.61 Å². The number of thiophene rings is 1. The first-order valence-electron chi connectivity index (χ1n) is 6.18. The highest BCUT2D eigenvalue weighted by atomic mass is 32.1. The molecule has 0 amide bonds. The molecule has 0 spiro atoms. The molecule has 0 radical (unpaired) electrons. The molecule has 0 fully saturated rings. The molecule has 0 aliphatic carbocycles. The number of aromatic carboxylic acids is 1. The van der Waals surface area contributed by atoms with Crippen molar-refractivity contribution in [3.63, 3.8) is 0 Å². The lowest BCUT2D eigenvalue weighted by molar-refractivity contribution is 0.0698. The topological polar surface area (TPSA) is 49.8 Å². The lowest BCUT2D eigenvalue weighted by atomic mass is 10.3. The Labute approximate surface area is 112 Å². The quantitative estimate of drug-likeness (QED) is 0.739. The molecule has 0 unspecified atom stereocenters. The van der Waals surface area contributed by atoms with E-state index in [-0.39, 0.29) is 0 Å². The number of nitrogens with zero attached hydrogens (tertiary/aromatic N) is 1. The molecule has 0 aromatic carbocycles. The maximum Gasteiger partial charge on any atom is 0.349 e. The van der Waals surface area contributed by atoms with E-state index in [1.165, 1.54) is 11.3 Å². The minimum absolute atomic E-state index is 0.323. The zero-order valence-corrected chi connectivity index (χ0v) is 12.0. The molecule has 5 heteroatoms. The Morgan fingerprint density at radius 1 is 1.50 bits per heavy atom. The summed E-state index contributed by atoms with van der Waals surface area (Å²) in [7, 11) is 4.01. The summed E-state index contributed by atoms with van der Waals surface area (Å²) in [6.45, 7) is 3.58. The van der Waals surface area contributed by atoms with E-state index in [0.29, 0.717) is 17.2 Å². The lowest BCUT2D eigenvalue weighted by Crippen LogP contribution is -2.15. The number of carbonyl (C=O) groups is 1. The molecule has 0 saturated heterocycles. The van der Waals surface area contributed by atoms with E-state index in [4.69, 9.17) is 9.84 Å². The molecular formula is C13H21NO3S. The number of hydrogen-bond acceptors (Lipinski definition) is 4. The Morgan fingerprint density at radius 2 is 2.22 bits per heavy atom. The first-order valence-corrected chi connectivity index (χ1v) is 6.99. The molecule has 18 heavy (non-hydrogen) atoms. The van der Waals surface area contributed by atoms with Crippen molar-refractivity contribution in [3.8, 4) is 5.75 Å². The van der Waals surface area contributed by atoms with E-state index in [1.54, 1.807) is 0 Å². The second-order valence-corrected chi connectivity index (χ2v) is 5.60. The normalized spacial score (nSPS) is 10.9. The van der Waals surface area contributed by atoms with Crippen LogP contribution < -0.4 is 4.74 Å². The van der Waals surface area contributed by atoms with Gasteiger partial charge in [-0.3, -0.25) is 0 Å². The maximum atomic E-state index is 11.1. The van der Waals surface area contributed by atoms with E-state index < -0.39 is 5.97 Å². The number of hydrogen-bond donors (Lipinski definition) is 1. The van der Waals surface area contributed by atoms with Crippen molar-refractivity contribution in [2.24, 2.45) is 0 Å². The first kappa shape index (κ1) is 15.0. The van der Waals surface area contributed by atoms with Gasteiger partial charge in [-0.2, -0.15) is 0 Å². The van der Waals surface area contributed by atoms with Crippen molar-refractivity contribution in [2.75, 3.05) is 27.2 Å². The van der Waals surface area contributed by atoms with Crippen molar-refractivity contribution in [1.82, 2.24) is 4.90 Å². The van der Waals surface area contributed by atoms with Crippen molar-refractivity contribution in [2.45, 2.75) is 26.2 Å². The van der Waals surface area contributed by atoms with Crippen molar-refractivity contribution in [1.29, 1.82) is 0 Å². The van der Waals surface area contributed by atoms with Crippen molar-refractivity contribution >= 4 is 17.3 Å². The summed E-state index contributed by atoms with van der Waals surface area (Å²) in [6.07, 6.45) is 2.82. The van der Waals surface area contributed by atoms with E-state index in [2.05, 4.69) is 11.8 Å². The zero-order chi connectivity index (χ0) is 13.5. The summed E-state index contributed by atoms with van der Waals surface area (Å²) in [5.41, 5.74) is 0. The minimum atomic E-state index is -0.898. The number of aryl methyl sites for hydroxylation is 1. The number of carboxylic acid groups (broad SMARTS) is 1. The average Bonchev–Trinajstić information content (AvgIpc) is 2.68. The molecule has 102 valence electrons. The molecule has 1 aromatic rings. The van der Waals surface area contributed by atoms with Gasteiger partial charge >= 0.3 is 5.97 Å². The smallest absolute Gasteiger partial charge is 0.349 e. The molecule has 1 aromatic heterocycles. The number of carboxylic acids is 1. The van der Waals surface area contributed by atoms with Gasteiger partial charge in [-0.05, 0) is 33.0 Å². The molecular weight excluding hydrogens is 250 g/mol. The van der Waals surface area contributed by atoms with E-state index in [9.17, 15) is 4.79 Å². The van der Waals surface area contributed by atoms with Crippen LogP contribution in [0.1, 0.15) is 34.3 Å². The van der Waals surface area contributed by atoms with E-state index in [0.717, 1.165) is 30.7 Å². The van der Waals surface area contributed by atoms with Gasteiger partial charge in [0.15, 0.2) is 4.88 Å². The van der Waals surface area contributed by atoms with Gasteiger partial charge in [0.2, 0.25) is 0 Å². The summed E-state index contributed by atoms with van der Waals surface area (Å²) in [4.78, 5) is 14.6. The van der Waals surface area contributed by atoms with Gasteiger partial charge in [-0.15, -0.1) is 11.3 Å². The fourth-order valence-corrected chi connectivity index (χ4v) is 2.65. The molecule has 0 saturated carbocycles. The summed E-state index contributed by atoms with van der Waals surface area (Å²) >= 11 is 1.32. The Bertz CT molecular complexity index is 388. The van der Waals surface area contributed by atoms with Crippen LogP contribution in [0, 0.1) is 0 Å². The highest BCUT2D eigenvalue weighted by Crippen LogP contribution is 2.30. The standard InChI is InChI=1S/C13H21NO3S/c1-4-6-10-9-11(12(18-10)13(15)16)17-8-5-7-14(2)3/h9H,4-8H2,1-3H3,(H,15,16). The molecule has 1 N–H and O–H groups in total.